The molecule has 0 bridgehead atoms. The van der Waals surface area contributed by atoms with E-state index in [1.54, 1.807) is 0 Å². The van der Waals surface area contributed by atoms with Crippen molar-refractivity contribution >= 4 is 11.8 Å². The van der Waals surface area contributed by atoms with Gasteiger partial charge in [0.15, 0.2) is 0 Å². The lowest BCUT2D eigenvalue weighted by Gasteiger charge is -2.14. The molecule has 0 saturated carbocycles. The summed E-state index contributed by atoms with van der Waals surface area (Å²) in [6, 6.07) is 0. The zero-order valence-electron chi connectivity index (χ0n) is 8.67. The van der Waals surface area contributed by atoms with Crippen LogP contribution in [0.5, 0.6) is 0 Å². The Morgan fingerprint density at radius 2 is 2.36 bits per heavy atom. The smallest absolute Gasteiger partial charge is 0.268 e. The van der Waals surface area contributed by atoms with Gasteiger partial charge in [-0.25, -0.2) is 0 Å². The third kappa shape index (κ3) is 1.75. The van der Waals surface area contributed by atoms with Gasteiger partial charge in [0, 0.05) is 23.6 Å². The van der Waals surface area contributed by atoms with Crippen molar-refractivity contribution in [3.05, 3.63) is 21.6 Å². The Morgan fingerprint density at radius 3 is 3.07 bits per heavy atom. The SMILES string of the molecule is CC(C)Cn1[nH]c(=O)c2c1CCSC2. The van der Waals surface area contributed by atoms with Gasteiger partial charge >= 0.3 is 0 Å². The first-order valence-corrected chi connectivity index (χ1v) is 6.22. The van der Waals surface area contributed by atoms with Crippen LogP contribution in [0.4, 0.5) is 0 Å². The normalized spacial score (nSPS) is 15.9. The topological polar surface area (TPSA) is 37.8 Å². The molecule has 1 aliphatic heterocycles. The van der Waals surface area contributed by atoms with Gasteiger partial charge in [0.1, 0.15) is 0 Å². The van der Waals surface area contributed by atoms with Crippen LogP contribution in [0.15, 0.2) is 4.79 Å². The number of thioether (sulfide) groups is 1. The third-order valence-electron chi connectivity index (χ3n) is 2.46. The maximum Gasteiger partial charge on any atom is 0.268 e. The van der Waals surface area contributed by atoms with Crippen molar-refractivity contribution in [1.82, 2.24) is 9.78 Å². The fourth-order valence-electron chi connectivity index (χ4n) is 1.85. The Balaban J connectivity index is 2.36. The molecule has 0 fully saturated rings. The molecule has 1 N–H and O–H groups in total. The van der Waals surface area contributed by atoms with E-state index in [1.165, 1.54) is 5.69 Å². The van der Waals surface area contributed by atoms with Crippen LogP contribution in [-0.4, -0.2) is 15.5 Å². The quantitative estimate of drug-likeness (QED) is 0.809. The van der Waals surface area contributed by atoms with E-state index >= 15 is 0 Å². The average Bonchev–Trinajstić information content (AvgIpc) is 2.44. The van der Waals surface area contributed by atoms with Crippen molar-refractivity contribution in [2.45, 2.75) is 32.6 Å². The lowest BCUT2D eigenvalue weighted by Crippen LogP contribution is -2.12. The van der Waals surface area contributed by atoms with Crippen LogP contribution in [0.1, 0.15) is 25.1 Å². The second-order valence-corrected chi connectivity index (χ2v) is 5.28. The number of nitrogens with zero attached hydrogens (tertiary/aromatic N) is 1. The van der Waals surface area contributed by atoms with E-state index in [-0.39, 0.29) is 5.56 Å². The van der Waals surface area contributed by atoms with Crippen LogP contribution >= 0.6 is 11.8 Å². The summed E-state index contributed by atoms with van der Waals surface area (Å²) >= 11 is 1.85. The van der Waals surface area contributed by atoms with E-state index in [0.29, 0.717) is 5.92 Å². The van der Waals surface area contributed by atoms with Crippen molar-refractivity contribution in [3.63, 3.8) is 0 Å². The molecule has 0 atom stereocenters. The van der Waals surface area contributed by atoms with E-state index in [1.807, 2.05) is 16.4 Å². The molecule has 2 heterocycles. The minimum Gasteiger partial charge on any atom is -0.289 e. The number of hydrogen-bond donors (Lipinski definition) is 1. The molecule has 1 aromatic rings. The van der Waals surface area contributed by atoms with Crippen LogP contribution < -0.4 is 5.56 Å². The van der Waals surface area contributed by atoms with Crippen molar-refractivity contribution in [3.8, 4) is 0 Å². The predicted octanol–water partition coefficient (Wildman–Crippen LogP) is 1.62. The summed E-state index contributed by atoms with van der Waals surface area (Å²) < 4.78 is 2.04. The van der Waals surface area contributed by atoms with Crippen LogP contribution in [0.25, 0.3) is 0 Å². The van der Waals surface area contributed by atoms with Gasteiger partial charge in [-0.15, -0.1) is 0 Å². The van der Waals surface area contributed by atoms with E-state index in [4.69, 9.17) is 0 Å². The Kier molecular flexibility index (Phi) is 2.72. The molecule has 1 aromatic heterocycles. The molecule has 0 amide bonds. The second-order valence-electron chi connectivity index (χ2n) is 4.17. The number of rotatable bonds is 2. The molecule has 0 aliphatic carbocycles. The Labute approximate surface area is 87.9 Å². The summed E-state index contributed by atoms with van der Waals surface area (Å²) in [6.45, 7) is 5.26. The van der Waals surface area contributed by atoms with Crippen LogP contribution in [0.2, 0.25) is 0 Å². The highest BCUT2D eigenvalue weighted by atomic mass is 32.2. The Hall–Kier alpha value is -0.640. The zero-order valence-corrected chi connectivity index (χ0v) is 9.49. The van der Waals surface area contributed by atoms with E-state index in [2.05, 4.69) is 18.9 Å². The van der Waals surface area contributed by atoms with Gasteiger partial charge in [-0.3, -0.25) is 14.6 Å². The van der Waals surface area contributed by atoms with Gasteiger partial charge in [-0.05, 0) is 18.1 Å². The molecule has 2 rings (SSSR count). The molecule has 0 saturated heterocycles. The lowest BCUT2D eigenvalue weighted by molar-refractivity contribution is 0.467. The Bertz CT molecular complexity index is 378. The molecule has 1 aliphatic rings. The molecule has 4 heteroatoms. The highest BCUT2D eigenvalue weighted by molar-refractivity contribution is 7.98. The van der Waals surface area contributed by atoms with Crippen LogP contribution in [0.3, 0.4) is 0 Å². The first-order valence-electron chi connectivity index (χ1n) is 5.06. The molecule has 0 radical (unpaired) electrons. The minimum absolute atomic E-state index is 0.118. The summed E-state index contributed by atoms with van der Waals surface area (Å²) in [5, 5.41) is 2.93. The van der Waals surface area contributed by atoms with Gasteiger partial charge < -0.3 is 0 Å². The summed E-state index contributed by atoms with van der Waals surface area (Å²) in [4.78, 5) is 11.6. The molecule has 14 heavy (non-hydrogen) atoms. The monoisotopic (exact) mass is 212 g/mol. The molecular weight excluding hydrogens is 196 g/mol. The lowest BCUT2D eigenvalue weighted by atomic mass is 10.2. The van der Waals surface area contributed by atoms with Crippen molar-refractivity contribution in [2.24, 2.45) is 5.92 Å². The maximum absolute atomic E-state index is 11.6. The second kappa shape index (κ2) is 3.85. The fourth-order valence-corrected chi connectivity index (χ4v) is 2.83. The number of aromatic amines is 1. The van der Waals surface area contributed by atoms with E-state index in [0.717, 1.165) is 30.0 Å². The largest absolute Gasteiger partial charge is 0.289 e. The van der Waals surface area contributed by atoms with Crippen LogP contribution in [0, 0.1) is 5.92 Å². The number of nitrogens with one attached hydrogen (secondary N) is 1. The molecule has 0 spiro atoms. The highest BCUT2D eigenvalue weighted by Gasteiger charge is 2.18. The summed E-state index contributed by atoms with van der Waals surface area (Å²) in [7, 11) is 0. The highest BCUT2D eigenvalue weighted by Crippen LogP contribution is 2.21. The van der Waals surface area contributed by atoms with Crippen molar-refractivity contribution < 1.29 is 0 Å². The standard InChI is InChI=1S/C10H16N2OS/c1-7(2)5-12-9-3-4-14-6-8(9)10(13)11-12/h7H,3-6H2,1-2H3,(H,11,13). The van der Waals surface area contributed by atoms with Gasteiger partial charge in [0.25, 0.3) is 5.56 Å². The molecular formula is C10H16N2OS. The molecule has 0 unspecified atom stereocenters. The first kappa shape index (κ1) is 9.90. The number of hydrogen-bond acceptors (Lipinski definition) is 2. The number of H-pyrrole nitrogens is 1. The number of aromatic nitrogens is 2. The van der Waals surface area contributed by atoms with Gasteiger partial charge in [0.2, 0.25) is 0 Å². The van der Waals surface area contributed by atoms with Crippen molar-refractivity contribution in [2.75, 3.05) is 5.75 Å². The maximum atomic E-state index is 11.6. The third-order valence-corrected chi connectivity index (χ3v) is 3.45. The fraction of sp³-hybridized carbons (Fsp3) is 0.700. The molecule has 78 valence electrons. The van der Waals surface area contributed by atoms with Crippen molar-refractivity contribution in [1.29, 1.82) is 0 Å². The summed E-state index contributed by atoms with van der Waals surface area (Å²) in [5.74, 6) is 2.61. The number of fused-ring (bicyclic) bond motifs is 1. The molecule has 0 aromatic carbocycles. The van der Waals surface area contributed by atoms with Crippen LogP contribution in [-0.2, 0) is 18.7 Å². The van der Waals surface area contributed by atoms with Gasteiger partial charge in [0.05, 0.1) is 0 Å². The van der Waals surface area contributed by atoms with E-state index < -0.39 is 0 Å². The summed E-state index contributed by atoms with van der Waals surface area (Å²) in [6.07, 6.45) is 1.03. The molecule has 3 nitrogen and oxygen atoms in total. The first-order chi connectivity index (χ1) is 6.68. The van der Waals surface area contributed by atoms with E-state index in [9.17, 15) is 4.79 Å². The predicted molar refractivity (Wildman–Crippen MR) is 59.8 cm³/mol. The van der Waals surface area contributed by atoms with Gasteiger partial charge in [-0.1, -0.05) is 13.8 Å². The summed E-state index contributed by atoms with van der Waals surface area (Å²) in [5.41, 5.74) is 2.36. The Morgan fingerprint density at radius 1 is 1.57 bits per heavy atom. The zero-order chi connectivity index (χ0) is 10.1. The van der Waals surface area contributed by atoms with Gasteiger partial charge in [-0.2, -0.15) is 11.8 Å². The minimum atomic E-state index is 0.118. The average molecular weight is 212 g/mol.